The standard InChI is InChI=1S/C34H43N5O11/c40-28(41)18-35-9-11-36(19-29(42)43)13-15-38(16-14-37(12-10-35)20-30(44)45)27-17-39(31(32(27)46)33(47)48)34(49)50-21-26-24-7-3-1-5-22(24)23-6-2-4-8-25(23)26/h1-8,26-27,31-32,46H,9-21H2,(H,40,41)(H,42,43)(H,44,45)(H,47,48)/t27-,31+,32+/m1/s1. The van der Waals surface area contributed by atoms with E-state index in [2.05, 4.69) is 0 Å². The number of carbonyl (C=O) groups is 5. The van der Waals surface area contributed by atoms with E-state index < -0.39 is 48.2 Å². The second-order valence-corrected chi connectivity index (χ2v) is 12.8. The number of likely N-dealkylation sites (tertiary alicyclic amines) is 1. The number of aliphatic hydroxyl groups excluding tert-OH is 1. The zero-order valence-electron chi connectivity index (χ0n) is 27.5. The third-order valence-electron chi connectivity index (χ3n) is 9.68. The summed E-state index contributed by atoms with van der Waals surface area (Å²) in [4.78, 5) is 68.5. The summed E-state index contributed by atoms with van der Waals surface area (Å²) < 4.78 is 5.76. The predicted octanol–water partition coefficient (Wildman–Crippen LogP) is -0.0908. The summed E-state index contributed by atoms with van der Waals surface area (Å²) in [7, 11) is 0. The van der Waals surface area contributed by atoms with Crippen LogP contribution in [-0.4, -0.2) is 183 Å². The number of fused-ring (bicyclic) bond motifs is 3. The fraction of sp³-hybridized carbons (Fsp3) is 0.500. The number of benzene rings is 2. The Labute approximate surface area is 288 Å². The van der Waals surface area contributed by atoms with E-state index in [-0.39, 0.29) is 91.1 Å². The number of aliphatic hydroxyl groups is 1. The maximum absolute atomic E-state index is 13.6. The van der Waals surface area contributed by atoms with Crippen LogP contribution >= 0.6 is 0 Å². The summed E-state index contributed by atoms with van der Waals surface area (Å²) in [6, 6.07) is 13.1. The van der Waals surface area contributed by atoms with Crippen LogP contribution in [0.25, 0.3) is 11.1 Å². The minimum absolute atomic E-state index is 0.0482. The molecule has 2 aromatic rings. The lowest BCUT2D eigenvalue weighted by Crippen LogP contribution is -2.53. The molecular weight excluding hydrogens is 654 g/mol. The highest BCUT2D eigenvalue weighted by atomic mass is 16.6. The molecular formula is C34H43N5O11. The molecule has 270 valence electrons. The normalized spacial score (nSPS) is 23.0. The molecule has 2 aliphatic heterocycles. The van der Waals surface area contributed by atoms with Crippen LogP contribution in [0.5, 0.6) is 0 Å². The Morgan fingerprint density at radius 3 is 1.48 bits per heavy atom. The van der Waals surface area contributed by atoms with E-state index in [4.69, 9.17) is 4.74 Å². The fourth-order valence-corrected chi connectivity index (χ4v) is 7.23. The van der Waals surface area contributed by atoms with Crippen molar-refractivity contribution in [3.8, 4) is 11.1 Å². The van der Waals surface area contributed by atoms with Gasteiger partial charge in [-0.2, -0.15) is 0 Å². The third kappa shape index (κ3) is 8.75. The third-order valence-corrected chi connectivity index (χ3v) is 9.68. The van der Waals surface area contributed by atoms with Crippen molar-refractivity contribution in [3.63, 3.8) is 0 Å². The van der Waals surface area contributed by atoms with Gasteiger partial charge >= 0.3 is 30.0 Å². The number of rotatable bonds is 10. The Morgan fingerprint density at radius 2 is 1.06 bits per heavy atom. The summed E-state index contributed by atoms with van der Waals surface area (Å²) in [5.41, 5.74) is 4.03. The second-order valence-electron chi connectivity index (χ2n) is 12.8. The minimum Gasteiger partial charge on any atom is -0.480 e. The number of carboxylic acid groups (broad SMARTS) is 4. The zero-order chi connectivity index (χ0) is 35.9. The van der Waals surface area contributed by atoms with E-state index in [0.717, 1.165) is 27.2 Å². The van der Waals surface area contributed by atoms with Gasteiger partial charge in [-0.3, -0.25) is 38.9 Å². The largest absolute Gasteiger partial charge is 0.480 e. The SMILES string of the molecule is O=C(O)CN1CCN(CC(=O)O)CCN([C@@H]2CN(C(=O)OCC3c4ccccc4-c4ccccc43)[C@H](C(=O)O)[C@H]2O)CCN(CC(=O)O)CC1. The summed E-state index contributed by atoms with van der Waals surface area (Å²) in [5, 5.41) is 50.0. The van der Waals surface area contributed by atoms with Crippen molar-refractivity contribution >= 4 is 30.0 Å². The Hall–Kier alpha value is -4.61. The highest BCUT2D eigenvalue weighted by Gasteiger charge is 2.50. The quantitative estimate of drug-likeness (QED) is 0.220. The van der Waals surface area contributed by atoms with Gasteiger partial charge in [0.2, 0.25) is 0 Å². The first kappa shape index (κ1) is 36.7. The van der Waals surface area contributed by atoms with Crippen LogP contribution in [-0.2, 0) is 23.9 Å². The Kier molecular flexibility index (Phi) is 12.0. The molecule has 1 aliphatic carbocycles. The molecule has 50 heavy (non-hydrogen) atoms. The molecule has 2 saturated heterocycles. The van der Waals surface area contributed by atoms with Crippen molar-refractivity contribution in [1.82, 2.24) is 24.5 Å². The lowest BCUT2D eigenvalue weighted by molar-refractivity contribution is -0.145. The highest BCUT2D eigenvalue weighted by Crippen LogP contribution is 2.44. The second kappa shape index (κ2) is 16.4. The molecule has 0 saturated carbocycles. The van der Waals surface area contributed by atoms with Crippen LogP contribution in [0.15, 0.2) is 48.5 Å². The van der Waals surface area contributed by atoms with Crippen LogP contribution in [0, 0.1) is 0 Å². The van der Waals surface area contributed by atoms with Crippen molar-refractivity contribution in [2.75, 3.05) is 85.1 Å². The van der Waals surface area contributed by atoms with Crippen LogP contribution in [0.2, 0.25) is 0 Å². The average Bonchev–Trinajstić information content (AvgIpc) is 3.58. The molecule has 2 aromatic carbocycles. The maximum atomic E-state index is 13.6. The predicted molar refractivity (Wildman–Crippen MR) is 177 cm³/mol. The monoisotopic (exact) mass is 697 g/mol. The van der Waals surface area contributed by atoms with Crippen molar-refractivity contribution in [2.24, 2.45) is 0 Å². The van der Waals surface area contributed by atoms with E-state index in [1.54, 1.807) is 19.6 Å². The molecule has 3 atom stereocenters. The molecule has 0 bridgehead atoms. The van der Waals surface area contributed by atoms with Crippen molar-refractivity contribution < 1.29 is 54.2 Å². The average molecular weight is 698 g/mol. The Bertz CT molecular complexity index is 1500. The van der Waals surface area contributed by atoms with Gasteiger partial charge in [-0.25, -0.2) is 9.59 Å². The van der Waals surface area contributed by atoms with Crippen LogP contribution in [0.4, 0.5) is 4.79 Å². The molecule has 0 aromatic heterocycles. The van der Waals surface area contributed by atoms with Gasteiger partial charge in [0.15, 0.2) is 6.04 Å². The van der Waals surface area contributed by atoms with Crippen LogP contribution in [0.1, 0.15) is 17.0 Å². The number of nitrogens with zero attached hydrogens (tertiary/aromatic N) is 5. The Balaban J connectivity index is 1.34. The molecule has 5 N–H and O–H groups in total. The van der Waals surface area contributed by atoms with Crippen molar-refractivity contribution in [3.05, 3.63) is 59.7 Å². The summed E-state index contributed by atoms with van der Waals surface area (Å²) >= 11 is 0. The number of carboxylic acids is 4. The van der Waals surface area contributed by atoms with E-state index in [1.165, 1.54) is 0 Å². The number of amides is 1. The van der Waals surface area contributed by atoms with Gasteiger partial charge in [0.25, 0.3) is 0 Å². The lowest BCUT2D eigenvalue weighted by Gasteiger charge is -2.36. The molecule has 5 rings (SSSR count). The lowest BCUT2D eigenvalue weighted by atomic mass is 9.98. The number of hydrogen-bond acceptors (Lipinski definition) is 11. The first-order chi connectivity index (χ1) is 23.9. The summed E-state index contributed by atoms with van der Waals surface area (Å²) in [6.07, 6.45) is -2.43. The van der Waals surface area contributed by atoms with Gasteiger partial charge in [0.1, 0.15) is 12.7 Å². The van der Waals surface area contributed by atoms with E-state index in [1.807, 2.05) is 48.5 Å². The topological polar surface area (TPSA) is 212 Å². The molecule has 1 amide bonds. The van der Waals surface area contributed by atoms with Crippen molar-refractivity contribution in [2.45, 2.75) is 24.1 Å². The summed E-state index contributed by atoms with van der Waals surface area (Å²) in [6.45, 7) is 0.235. The van der Waals surface area contributed by atoms with Crippen LogP contribution in [0.3, 0.4) is 0 Å². The first-order valence-corrected chi connectivity index (χ1v) is 16.5. The van der Waals surface area contributed by atoms with Crippen molar-refractivity contribution in [1.29, 1.82) is 0 Å². The van der Waals surface area contributed by atoms with Crippen LogP contribution < -0.4 is 0 Å². The van der Waals surface area contributed by atoms with Gasteiger partial charge in [0.05, 0.1) is 25.7 Å². The number of aliphatic carboxylic acids is 4. The molecule has 2 fully saturated rings. The van der Waals surface area contributed by atoms with Gasteiger partial charge < -0.3 is 30.3 Å². The summed E-state index contributed by atoms with van der Waals surface area (Å²) in [5.74, 6) is -4.92. The number of hydrogen-bond donors (Lipinski definition) is 5. The number of ether oxygens (including phenoxy) is 1. The van der Waals surface area contributed by atoms with Gasteiger partial charge in [0, 0.05) is 64.8 Å². The molecule has 0 spiro atoms. The van der Waals surface area contributed by atoms with Gasteiger partial charge in [-0.1, -0.05) is 48.5 Å². The first-order valence-electron chi connectivity index (χ1n) is 16.5. The zero-order valence-corrected chi connectivity index (χ0v) is 27.5. The molecule has 0 unspecified atom stereocenters. The van der Waals surface area contributed by atoms with E-state index in [9.17, 15) is 49.5 Å². The number of carbonyl (C=O) groups excluding carboxylic acids is 1. The van der Waals surface area contributed by atoms with Gasteiger partial charge in [-0.15, -0.1) is 0 Å². The molecule has 16 heteroatoms. The fourth-order valence-electron chi connectivity index (χ4n) is 7.23. The molecule has 3 aliphatic rings. The highest BCUT2D eigenvalue weighted by molar-refractivity contribution is 5.82. The minimum atomic E-state index is -1.62. The molecule has 2 heterocycles. The van der Waals surface area contributed by atoms with E-state index >= 15 is 0 Å². The van der Waals surface area contributed by atoms with Gasteiger partial charge in [-0.05, 0) is 22.3 Å². The molecule has 16 nitrogen and oxygen atoms in total. The smallest absolute Gasteiger partial charge is 0.410 e. The molecule has 0 radical (unpaired) electrons. The maximum Gasteiger partial charge on any atom is 0.410 e. The van der Waals surface area contributed by atoms with E-state index in [0.29, 0.717) is 0 Å². The Morgan fingerprint density at radius 1 is 0.640 bits per heavy atom.